The maximum absolute atomic E-state index is 5.36. The fourth-order valence-electron chi connectivity index (χ4n) is 1.88. The van der Waals surface area contributed by atoms with Crippen LogP contribution in [0.2, 0.25) is 0 Å². The zero-order valence-corrected chi connectivity index (χ0v) is 10.1. The zero-order chi connectivity index (χ0) is 12.4. The molecule has 2 aromatic rings. The summed E-state index contributed by atoms with van der Waals surface area (Å²) in [7, 11) is 3.19. The SMILES string of the molecule is COC(OC)n1c(C)nc2cc(NN)ccc21. The normalized spacial score (nSPS) is 11.4. The Kier molecular flexibility index (Phi) is 3.28. The molecule has 0 aliphatic heterocycles. The van der Waals surface area contributed by atoms with E-state index in [0.29, 0.717) is 0 Å². The van der Waals surface area contributed by atoms with Crippen molar-refractivity contribution in [3.8, 4) is 0 Å². The summed E-state index contributed by atoms with van der Waals surface area (Å²) >= 11 is 0. The van der Waals surface area contributed by atoms with E-state index in [1.54, 1.807) is 14.2 Å². The first-order valence-corrected chi connectivity index (χ1v) is 5.22. The van der Waals surface area contributed by atoms with Gasteiger partial charge in [-0.3, -0.25) is 10.4 Å². The van der Waals surface area contributed by atoms with Crippen LogP contribution < -0.4 is 11.3 Å². The molecule has 0 amide bonds. The third-order valence-electron chi connectivity index (χ3n) is 2.65. The molecule has 3 N–H and O–H groups in total. The number of nitrogens with one attached hydrogen (secondary N) is 1. The van der Waals surface area contributed by atoms with Crippen molar-refractivity contribution >= 4 is 16.7 Å². The van der Waals surface area contributed by atoms with Crippen molar-refractivity contribution in [2.24, 2.45) is 5.84 Å². The largest absolute Gasteiger partial charge is 0.338 e. The van der Waals surface area contributed by atoms with Crippen LogP contribution in [-0.2, 0) is 9.47 Å². The molecule has 0 radical (unpaired) electrons. The maximum Gasteiger partial charge on any atom is 0.245 e. The number of methoxy groups -OCH3 is 2. The number of ether oxygens (including phenoxy) is 2. The number of benzene rings is 1. The summed E-state index contributed by atoms with van der Waals surface area (Å²) in [6.07, 6.45) is -0.475. The van der Waals surface area contributed by atoms with Crippen LogP contribution in [0.25, 0.3) is 11.0 Å². The molecule has 0 saturated heterocycles. The molecule has 1 heterocycles. The predicted molar refractivity (Wildman–Crippen MR) is 65.3 cm³/mol. The summed E-state index contributed by atoms with van der Waals surface area (Å²) in [5, 5.41) is 0. The molecule has 0 aliphatic rings. The average Bonchev–Trinajstić information content (AvgIpc) is 2.67. The quantitative estimate of drug-likeness (QED) is 0.476. The minimum absolute atomic E-state index is 0.475. The third-order valence-corrected chi connectivity index (χ3v) is 2.65. The first kappa shape index (κ1) is 11.8. The monoisotopic (exact) mass is 236 g/mol. The van der Waals surface area contributed by atoms with E-state index in [1.165, 1.54) is 0 Å². The highest BCUT2D eigenvalue weighted by Gasteiger charge is 2.15. The molecule has 0 aliphatic carbocycles. The van der Waals surface area contributed by atoms with Crippen molar-refractivity contribution in [3.05, 3.63) is 24.0 Å². The smallest absolute Gasteiger partial charge is 0.245 e. The molecule has 1 aromatic carbocycles. The summed E-state index contributed by atoms with van der Waals surface area (Å²) in [4.78, 5) is 4.45. The number of anilines is 1. The standard InChI is InChI=1S/C11H16N4O2/c1-7-13-9-6-8(14-12)4-5-10(9)15(7)11(16-2)17-3/h4-6,11,14H,12H2,1-3H3. The van der Waals surface area contributed by atoms with Crippen LogP contribution in [0.15, 0.2) is 18.2 Å². The van der Waals surface area contributed by atoms with Crippen LogP contribution in [0.1, 0.15) is 12.2 Å². The van der Waals surface area contributed by atoms with E-state index < -0.39 is 6.41 Å². The van der Waals surface area contributed by atoms with Crippen molar-refractivity contribution in [1.29, 1.82) is 0 Å². The minimum Gasteiger partial charge on any atom is -0.338 e. The molecule has 2 rings (SSSR count). The molecule has 0 fully saturated rings. The van der Waals surface area contributed by atoms with E-state index in [9.17, 15) is 0 Å². The highest BCUT2D eigenvalue weighted by Crippen LogP contribution is 2.24. The van der Waals surface area contributed by atoms with E-state index in [4.69, 9.17) is 15.3 Å². The van der Waals surface area contributed by atoms with Gasteiger partial charge in [-0.2, -0.15) is 0 Å². The number of hydrogen-bond donors (Lipinski definition) is 2. The van der Waals surface area contributed by atoms with Crippen molar-refractivity contribution in [2.45, 2.75) is 13.3 Å². The van der Waals surface area contributed by atoms with Crippen LogP contribution in [0.3, 0.4) is 0 Å². The molecule has 1 aromatic heterocycles. The molecule has 17 heavy (non-hydrogen) atoms. The van der Waals surface area contributed by atoms with Crippen molar-refractivity contribution in [1.82, 2.24) is 9.55 Å². The Morgan fingerprint density at radius 1 is 1.35 bits per heavy atom. The number of hydrogen-bond acceptors (Lipinski definition) is 5. The highest BCUT2D eigenvalue weighted by molar-refractivity contribution is 5.80. The zero-order valence-electron chi connectivity index (χ0n) is 10.1. The van der Waals surface area contributed by atoms with Gasteiger partial charge < -0.3 is 14.9 Å². The van der Waals surface area contributed by atoms with Gasteiger partial charge in [-0.05, 0) is 25.1 Å². The van der Waals surface area contributed by atoms with Crippen molar-refractivity contribution in [2.75, 3.05) is 19.6 Å². The van der Waals surface area contributed by atoms with Gasteiger partial charge in [0.25, 0.3) is 0 Å². The first-order valence-electron chi connectivity index (χ1n) is 5.22. The number of aromatic nitrogens is 2. The van der Waals surface area contributed by atoms with E-state index in [0.717, 1.165) is 22.5 Å². The van der Waals surface area contributed by atoms with Crippen molar-refractivity contribution < 1.29 is 9.47 Å². The summed E-state index contributed by atoms with van der Waals surface area (Å²) in [6, 6.07) is 5.68. The van der Waals surface area contributed by atoms with Gasteiger partial charge in [-0.25, -0.2) is 4.98 Å². The fourth-order valence-corrected chi connectivity index (χ4v) is 1.88. The second-order valence-corrected chi connectivity index (χ2v) is 3.66. The van der Waals surface area contributed by atoms with Gasteiger partial charge in [-0.1, -0.05) is 0 Å². The Hall–Kier alpha value is -1.63. The number of nitrogens with zero attached hydrogens (tertiary/aromatic N) is 2. The molecular weight excluding hydrogens is 220 g/mol. The molecule has 0 unspecified atom stereocenters. The van der Waals surface area contributed by atoms with E-state index >= 15 is 0 Å². The molecule has 0 atom stereocenters. The van der Waals surface area contributed by atoms with Crippen molar-refractivity contribution in [3.63, 3.8) is 0 Å². The van der Waals surface area contributed by atoms with Crippen LogP contribution in [-0.4, -0.2) is 23.8 Å². The second kappa shape index (κ2) is 4.70. The lowest BCUT2D eigenvalue weighted by Crippen LogP contribution is -2.14. The topological polar surface area (TPSA) is 74.3 Å². The molecule has 0 spiro atoms. The van der Waals surface area contributed by atoms with Crippen LogP contribution in [0.5, 0.6) is 0 Å². The second-order valence-electron chi connectivity index (χ2n) is 3.66. The Morgan fingerprint density at radius 2 is 2.06 bits per heavy atom. The fraction of sp³-hybridized carbons (Fsp3) is 0.364. The summed E-state index contributed by atoms with van der Waals surface area (Å²) in [5.41, 5.74) is 5.19. The lowest BCUT2D eigenvalue weighted by Gasteiger charge is -2.17. The molecular formula is C11H16N4O2. The number of rotatable bonds is 4. The summed E-state index contributed by atoms with van der Waals surface area (Å²) < 4.78 is 12.4. The lowest BCUT2D eigenvalue weighted by molar-refractivity contribution is -0.154. The summed E-state index contributed by atoms with van der Waals surface area (Å²) in [5.74, 6) is 6.19. The number of imidazole rings is 1. The number of nitrogens with two attached hydrogens (primary N) is 1. The van der Waals surface area contributed by atoms with Gasteiger partial charge in [0.15, 0.2) is 0 Å². The van der Waals surface area contributed by atoms with Gasteiger partial charge in [0.2, 0.25) is 6.41 Å². The predicted octanol–water partition coefficient (Wildman–Crippen LogP) is 1.38. The van der Waals surface area contributed by atoms with Gasteiger partial charge >= 0.3 is 0 Å². The molecule has 0 saturated carbocycles. The van der Waals surface area contributed by atoms with E-state index in [2.05, 4.69) is 10.4 Å². The highest BCUT2D eigenvalue weighted by atomic mass is 16.7. The Morgan fingerprint density at radius 3 is 2.65 bits per heavy atom. The average molecular weight is 236 g/mol. The molecule has 0 bridgehead atoms. The maximum atomic E-state index is 5.36. The number of aryl methyl sites for hydroxylation is 1. The van der Waals surface area contributed by atoms with Crippen LogP contribution in [0.4, 0.5) is 5.69 Å². The van der Waals surface area contributed by atoms with E-state index in [1.807, 2.05) is 29.7 Å². The molecule has 92 valence electrons. The Bertz CT molecular complexity index is 519. The summed E-state index contributed by atoms with van der Waals surface area (Å²) in [6.45, 7) is 1.90. The van der Waals surface area contributed by atoms with Gasteiger partial charge in [0.1, 0.15) is 5.82 Å². The third kappa shape index (κ3) is 1.97. The Balaban J connectivity index is 2.59. The number of fused-ring (bicyclic) bond motifs is 1. The first-order chi connectivity index (χ1) is 8.21. The van der Waals surface area contributed by atoms with Gasteiger partial charge in [0.05, 0.1) is 16.7 Å². The molecule has 6 heteroatoms. The minimum atomic E-state index is -0.475. The lowest BCUT2D eigenvalue weighted by atomic mass is 10.3. The van der Waals surface area contributed by atoms with Gasteiger partial charge in [-0.15, -0.1) is 0 Å². The van der Waals surface area contributed by atoms with Crippen LogP contribution in [0, 0.1) is 6.92 Å². The van der Waals surface area contributed by atoms with E-state index in [-0.39, 0.29) is 0 Å². The number of nitrogen functional groups attached to an aromatic ring is 1. The van der Waals surface area contributed by atoms with Crippen LogP contribution >= 0.6 is 0 Å². The molecule has 6 nitrogen and oxygen atoms in total. The Labute approximate surface area is 99.3 Å². The number of hydrazine groups is 1. The van der Waals surface area contributed by atoms with Gasteiger partial charge in [0, 0.05) is 14.2 Å².